The Morgan fingerprint density at radius 2 is 1.17 bits per heavy atom. The molecule has 0 aliphatic carbocycles. The van der Waals surface area contributed by atoms with E-state index in [0.29, 0.717) is 0 Å². The molecule has 0 unspecified atom stereocenters. The zero-order valence-electron chi connectivity index (χ0n) is 36.9. The Kier molecular flexibility index (Phi) is 7.94. The van der Waals surface area contributed by atoms with Crippen molar-refractivity contribution in [3.05, 3.63) is 212 Å². The summed E-state index contributed by atoms with van der Waals surface area (Å²) in [6, 6.07) is 77.7. The number of anilines is 5. The van der Waals surface area contributed by atoms with E-state index in [2.05, 4.69) is 237 Å². The van der Waals surface area contributed by atoms with E-state index >= 15 is 0 Å². The topological polar surface area (TPSA) is 19.6 Å². The van der Waals surface area contributed by atoms with Crippen LogP contribution in [0.4, 0.5) is 27.8 Å². The lowest BCUT2D eigenvalue weighted by molar-refractivity contribution is 0.590. The predicted octanol–water partition coefficient (Wildman–Crippen LogP) is 12.2. The lowest BCUT2D eigenvalue weighted by Crippen LogP contribution is -2.79. The van der Waals surface area contributed by atoms with Crippen LogP contribution in [0.15, 0.2) is 211 Å². The summed E-state index contributed by atoms with van der Waals surface area (Å²) in [7, 11) is -2.93. The van der Waals surface area contributed by atoms with Gasteiger partial charge in [-0.05, 0) is 89.5 Å². The average Bonchev–Trinajstić information content (AvgIpc) is 3.94. The Hall–Kier alpha value is -7.38. The van der Waals surface area contributed by atoms with Crippen molar-refractivity contribution in [2.75, 3.05) is 9.71 Å². The van der Waals surface area contributed by atoms with Crippen LogP contribution in [0, 0.1) is 0 Å². The maximum atomic E-state index is 7.05. The van der Waals surface area contributed by atoms with E-state index in [1.807, 2.05) is 11.3 Å². The molecule has 3 aliphatic rings. The second kappa shape index (κ2) is 13.8. The third kappa shape index (κ3) is 5.03. The minimum absolute atomic E-state index is 0.0364. The van der Waals surface area contributed by atoms with E-state index in [4.69, 9.17) is 4.42 Å². The molecule has 6 heteroatoms. The molecule has 0 saturated carbocycles. The SMILES string of the molecule is CC(C)(C)c1ccc(N2c3cc4oc5ccccc5c4c4c3B(c3c2sc2ccccc32)N2c3ccccc3[Si](c3ccccc3)(c3ccccc3)c3cccc-4c32)c(-c2ccccc2)c1. The summed E-state index contributed by atoms with van der Waals surface area (Å²) in [5.74, 6) is 0. The molecule has 0 amide bonds. The number of rotatable bonds is 4. The number of hydrogen-bond donors (Lipinski definition) is 0. The largest absolute Gasteiger partial charge is 0.456 e. The first-order valence-corrected chi connectivity index (χ1v) is 25.9. The highest BCUT2D eigenvalue weighted by Gasteiger charge is 2.56. The van der Waals surface area contributed by atoms with Gasteiger partial charge < -0.3 is 14.1 Å². The molecule has 0 spiro atoms. The minimum Gasteiger partial charge on any atom is -0.456 e. The second-order valence-electron chi connectivity index (χ2n) is 19.1. The molecule has 0 saturated heterocycles. The number of benzene rings is 9. The van der Waals surface area contributed by atoms with Gasteiger partial charge in [-0.3, -0.25) is 0 Å². The monoisotopic (exact) mass is 878 g/mol. The summed E-state index contributed by atoms with van der Waals surface area (Å²) in [5.41, 5.74) is 15.6. The van der Waals surface area contributed by atoms with Gasteiger partial charge in [0.25, 0.3) is 0 Å². The van der Waals surface area contributed by atoms with E-state index in [0.717, 1.165) is 27.9 Å². The molecule has 0 radical (unpaired) electrons. The van der Waals surface area contributed by atoms with Crippen LogP contribution in [0.5, 0.6) is 0 Å². The van der Waals surface area contributed by atoms with Gasteiger partial charge in [0.2, 0.25) is 0 Å². The summed E-state index contributed by atoms with van der Waals surface area (Å²) in [6.07, 6.45) is 0. The van der Waals surface area contributed by atoms with Gasteiger partial charge >= 0.3 is 6.85 Å². The first-order chi connectivity index (χ1) is 32.4. The van der Waals surface area contributed by atoms with Gasteiger partial charge in [-0.25, -0.2) is 0 Å². The van der Waals surface area contributed by atoms with Crippen LogP contribution in [0.3, 0.4) is 0 Å². The number of hydrogen-bond acceptors (Lipinski definition) is 4. The fraction of sp³-hybridized carbons (Fsp3) is 0.0667. The fourth-order valence-electron chi connectivity index (χ4n) is 11.9. The van der Waals surface area contributed by atoms with E-state index in [9.17, 15) is 0 Å². The molecule has 3 nitrogen and oxygen atoms in total. The highest BCUT2D eigenvalue weighted by Crippen LogP contribution is 2.54. The van der Waals surface area contributed by atoms with Crippen LogP contribution in [0.25, 0.3) is 54.3 Å². The van der Waals surface area contributed by atoms with Crippen molar-refractivity contribution >= 4 is 118 Å². The first-order valence-electron chi connectivity index (χ1n) is 23.0. The molecule has 0 bridgehead atoms. The molecule has 0 N–H and O–H groups in total. The average molecular weight is 879 g/mol. The Bertz CT molecular complexity index is 3740. The van der Waals surface area contributed by atoms with Crippen molar-refractivity contribution in [2.24, 2.45) is 0 Å². The van der Waals surface area contributed by atoms with Crippen LogP contribution in [0.2, 0.25) is 0 Å². The summed E-state index contributed by atoms with van der Waals surface area (Å²) in [4.78, 5) is 5.38. The number of nitrogens with zero attached hydrogens (tertiary/aromatic N) is 2. The molecule has 3 aliphatic heterocycles. The van der Waals surface area contributed by atoms with Crippen LogP contribution in [-0.2, 0) is 5.41 Å². The van der Waals surface area contributed by atoms with Gasteiger partial charge in [0.1, 0.15) is 11.2 Å². The molecular formula is C60H43BN2OSSi. The molecule has 11 aromatic rings. The van der Waals surface area contributed by atoms with E-state index in [1.165, 1.54) is 91.3 Å². The third-order valence-corrected chi connectivity index (χ3v) is 20.7. The van der Waals surface area contributed by atoms with Gasteiger partial charge in [0.15, 0.2) is 8.07 Å². The number of furan rings is 1. The Balaban J connectivity index is 1.19. The van der Waals surface area contributed by atoms with Gasteiger partial charge in [0.05, 0.1) is 10.7 Å². The smallest absolute Gasteiger partial charge is 0.334 e. The number of thiophene rings is 1. The standard InChI is InChI=1S/C60H43BN2OSSi/c1-60(2,3)39-34-35-46(45(36-39)38-20-7-4-8-21-38)62-48-37-50-54(42-26-13-16-30-49(42)64-50)55-44-28-19-33-53-58(44)63(61(57(48)55)56-43-27-14-17-31-51(43)65-59(56)62)47-29-15-18-32-52(47)66(53,40-22-9-5-10-23-40)41-24-11-6-12-25-41/h4-37H,1-3H3. The quantitative estimate of drug-likeness (QED) is 0.164. The van der Waals surface area contributed by atoms with Crippen molar-refractivity contribution in [1.82, 2.24) is 0 Å². The van der Waals surface area contributed by atoms with Crippen LogP contribution >= 0.6 is 11.3 Å². The van der Waals surface area contributed by atoms with Crippen molar-refractivity contribution in [3.63, 3.8) is 0 Å². The lowest BCUT2D eigenvalue weighted by atomic mass is 9.43. The van der Waals surface area contributed by atoms with Gasteiger partial charge in [-0.1, -0.05) is 191 Å². The molecule has 0 fully saturated rings. The maximum Gasteiger partial charge on any atom is 0.334 e. The molecule has 2 aromatic heterocycles. The second-order valence-corrected chi connectivity index (χ2v) is 23.9. The van der Waals surface area contributed by atoms with E-state index < -0.39 is 8.07 Å². The van der Waals surface area contributed by atoms with E-state index in [-0.39, 0.29) is 12.3 Å². The first kappa shape index (κ1) is 37.9. The minimum atomic E-state index is -2.93. The number of fused-ring (bicyclic) bond motifs is 12. The normalized spacial score (nSPS) is 14.3. The Labute approximate surface area is 389 Å². The molecule has 66 heavy (non-hydrogen) atoms. The Morgan fingerprint density at radius 1 is 0.515 bits per heavy atom. The third-order valence-electron chi connectivity index (χ3n) is 14.7. The van der Waals surface area contributed by atoms with Crippen LogP contribution in [-0.4, -0.2) is 14.9 Å². The molecule has 5 heterocycles. The van der Waals surface area contributed by atoms with Crippen molar-refractivity contribution < 1.29 is 4.42 Å². The van der Waals surface area contributed by atoms with Gasteiger partial charge in [-0.2, -0.15) is 0 Å². The predicted molar refractivity (Wildman–Crippen MR) is 284 cm³/mol. The summed E-state index contributed by atoms with van der Waals surface area (Å²) < 4.78 is 8.33. The summed E-state index contributed by atoms with van der Waals surface area (Å²) in [6.45, 7) is 6.80. The van der Waals surface area contributed by atoms with Crippen LogP contribution in [0.1, 0.15) is 26.3 Å². The van der Waals surface area contributed by atoms with Crippen molar-refractivity contribution in [1.29, 1.82) is 0 Å². The Morgan fingerprint density at radius 3 is 1.92 bits per heavy atom. The van der Waals surface area contributed by atoms with E-state index in [1.54, 1.807) is 0 Å². The van der Waals surface area contributed by atoms with Gasteiger partial charge in [0, 0.05) is 49.7 Å². The molecule has 14 rings (SSSR count). The molecule has 9 aromatic carbocycles. The highest BCUT2D eigenvalue weighted by atomic mass is 32.1. The maximum absolute atomic E-state index is 7.05. The highest BCUT2D eigenvalue weighted by molar-refractivity contribution is 7.26. The summed E-state index contributed by atoms with van der Waals surface area (Å²) in [5, 5.41) is 10.5. The fourth-order valence-corrected chi connectivity index (χ4v) is 18.3. The zero-order chi connectivity index (χ0) is 43.9. The zero-order valence-corrected chi connectivity index (χ0v) is 38.7. The molecular weight excluding hydrogens is 836 g/mol. The van der Waals surface area contributed by atoms with Crippen molar-refractivity contribution in [3.8, 4) is 22.3 Å². The van der Waals surface area contributed by atoms with Crippen molar-refractivity contribution in [2.45, 2.75) is 26.2 Å². The molecule has 312 valence electrons. The lowest BCUT2D eigenvalue weighted by Gasteiger charge is -2.52. The number of para-hydroxylation sites is 3. The van der Waals surface area contributed by atoms with Crippen LogP contribution < -0.4 is 41.4 Å². The summed E-state index contributed by atoms with van der Waals surface area (Å²) >= 11 is 1.91. The van der Waals surface area contributed by atoms with Gasteiger partial charge in [-0.15, -0.1) is 11.3 Å². The molecule has 0 atom stereocenters.